The molecule has 1 heterocycles. The van der Waals surface area contributed by atoms with Gasteiger partial charge in [0.15, 0.2) is 0 Å². The summed E-state index contributed by atoms with van der Waals surface area (Å²) in [5.74, 6) is -0.532. The monoisotopic (exact) mass is 404 g/mol. The number of benzene rings is 1. The number of hydrogen-bond donors (Lipinski definition) is 5. The lowest BCUT2D eigenvalue weighted by molar-refractivity contribution is -0.129. The number of morpholine rings is 1. The van der Waals surface area contributed by atoms with Crippen LogP contribution in [0.25, 0.3) is 0 Å². The number of carbonyl (C=O) groups excluding carboxylic acids is 2. The summed E-state index contributed by atoms with van der Waals surface area (Å²) < 4.78 is 5.31. The maximum Gasteiger partial charge on any atom is 0.242 e. The largest absolute Gasteiger partial charge is 0.384 e. The SMILES string of the molecule is CC(C)C(NC(=O)CNc1cccc(C(=N)N)c1)C(=O)NCCN1CCOCC1. The van der Waals surface area contributed by atoms with Crippen LogP contribution >= 0.6 is 0 Å². The fraction of sp³-hybridized carbons (Fsp3) is 0.550. The molecule has 2 rings (SSSR count). The van der Waals surface area contributed by atoms with E-state index in [0.29, 0.717) is 17.8 Å². The first-order valence-electron chi connectivity index (χ1n) is 9.92. The number of nitrogens with two attached hydrogens (primary N) is 1. The maximum absolute atomic E-state index is 12.5. The molecule has 160 valence electrons. The number of amides is 2. The highest BCUT2D eigenvalue weighted by molar-refractivity contribution is 5.96. The van der Waals surface area contributed by atoms with E-state index >= 15 is 0 Å². The second-order valence-corrected chi connectivity index (χ2v) is 7.38. The molecular formula is C20H32N6O3. The molecule has 0 aliphatic carbocycles. The van der Waals surface area contributed by atoms with Crippen LogP contribution in [0.2, 0.25) is 0 Å². The zero-order valence-electron chi connectivity index (χ0n) is 17.2. The second-order valence-electron chi connectivity index (χ2n) is 7.38. The van der Waals surface area contributed by atoms with E-state index in [2.05, 4.69) is 20.9 Å². The molecular weight excluding hydrogens is 372 g/mol. The molecule has 9 heteroatoms. The number of carbonyl (C=O) groups is 2. The molecule has 1 atom stereocenters. The number of ether oxygens (including phenoxy) is 1. The van der Waals surface area contributed by atoms with E-state index in [1.165, 1.54) is 0 Å². The molecule has 6 N–H and O–H groups in total. The zero-order chi connectivity index (χ0) is 21.2. The van der Waals surface area contributed by atoms with Crippen LogP contribution in [-0.4, -0.2) is 74.5 Å². The lowest BCUT2D eigenvalue weighted by atomic mass is 10.0. The van der Waals surface area contributed by atoms with Gasteiger partial charge in [-0.05, 0) is 18.1 Å². The van der Waals surface area contributed by atoms with E-state index < -0.39 is 6.04 Å². The van der Waals surface area contributed by atoms with Crippen LogP contribution in [-0.2, 0) is 14.3 Å². The standard InChI is InChI=1S/C20H32N6O3/c1-14(2)18(20(28)23-6-7-26-8-10-29-11-9-26)25-17(27)13-24-16-5-3-4-15(12-16)19(21)22/h3-5,12,14,18,24H,6-11,13H2,1-2H3,(H3,21,22)(H,23,28)(H,25,27). The third kappa shape index (κ3) is 7.71. The highest BCUT2D eigenvalue weighted by Crippen LogP contribution is 2.10. The first-order valence-corrected chi connectivity index (χ1v) is 9.92. The molecule has 0 saturated carbocycles. The summed E-state index contributed by atoms with van der Waals surface area (Å²) in [6, 6.07) is 6.38. The van der Waals surface area contributed by atoms with E-state index in [0.717, 1.165) is 32.8 Å². The van der Waals surface area contributed by atoms with Crippen LogP contribution in [0, 0.1) is 11.3 Å². The fourth-order valence-electron chi connectivity index (χ4n) is 3.01. The van der Waals surface area contributed by atoms with E-state index in [1.54, 1.807) is 24.3 Å². The summed E-state index contributed by atoms with van der Waals surface area (Å²) in [6.07, 6.45) is 0. The van der Waals surface area contributed by atoms with Crippen LogP contribution < -0.4 is 21.7 Å². The van der Waals surface area contributed by atoms with Crippen molar-refractivity contribution in [1.82, 2.24) is 15.5 Å². The van der Waals surface area contributed by atoms with E-state index in [-0.39, 0.29) is 30.1 Å². The second kappa shape index (κ2) is 11.4. The Balaban J connectivity index is 1.79. The molecule has 0 radical (unpaired) electrons. The Labute approximate surface area is 171 Å². The Bertz CT molecular complexity index is 703. The average molecular weight is 405 g/mol. The maximum atomic E-state index is 12.5. The summed E-state index contributed by atoms with van der Waals surface area (Å²) in [6.45, 7) is 8.31. The number of rotatable bonds is 10. The summed E-state index contributed by atoms with van der Waals surface area (Å²) in [7, 11) is 0. The van der Waals surface area contributed by atoms with Crippen molar-refractivity contribution < 1.29 is 14.3 Å². The third-order valence-electron chi connectivity index (χ3n) is 4.72. The first kappa shape index (κ1) is 22.6. The lowest BCUT2D eigenvalue weighted by Crippen LogP contribution is -2.52. The smallest absolute Gasteiger partial charge is 0.242 e. The Morgan fingerprint density at radius 3 is 2.66 bits per heavy atom. The van der Waals surface area contributed by atoms with Gasteiger partial charge in [0.1, 0.15) is 11.9 Å². The van der Waals surface area contributed by atoms with E-state index in [1.807, 2.05) is 13.8 Å². The van der Waals surface area contributed by atoms with Gasteiger partial charge in [-0.3, -0.25) is 19.9 Å². The van der Waals surface area contributed by atoms with Gasteiger partial charge in [0.2, 0.25) is 11.8 Å². The number of amidine groups is 1. The molecule has 1 fully saturated rings. The Hall–Kier alpha value is -2.65. The summed E-state index contributed by atoms with van der Waals surface area (Å²) in [4.78, 5) is 27.1. The molecule has 1 aliphatic heterocycles. The normalized spacial score (nSPS) is 15.6. The van der Waals surface area contributed by atoms with Crippen LogP contribution in [0.4, 0.5) is 5.69 Å². The van der Waals surface area contributed by atoms with Gasteiger partial charge >= 0.3 is 0 Å². The molecule has 9 nitrogen and oxygen atoms in total. The summed E-state index contributed by atoms with van der Waals surface area (Å²) >= 11 is 0. The van der Waals surface area contributed by atoms with Crippen molar-refractivity contribution in [3.8, 4) is 0 Å². The van der Waals surface area contributed by atoms with Gasteiger partial charge in [-0.1, -0.05) is 26.0 Å². The zero-order valence-corrected chi connectivity index (χ0v) is 17.2. The van der Waals surface area contributed by atoms with Gasteiger partial charge in [0.25, 0.3) is 0 Å². The minimum absolute atomic E-state index is 0.0195. The van der Waals surface area contributed by atoms with Crippen LogP contribution in [0.3, 0.4) is 0 Å². The molecule has 0 spiro atoms. The van der Waals surface area contributed by atoms with Gasteiger partial charge in [0, 0.05) is 37.4 Å². The molecule has 0 bridgehead atoms. The Morgan fingerprint density at radius 1 is 1.28 bits per heavy atom. The van der Waals surface area contributed by atoms with E-state index in [4.69, 9.17) is 15.9 Å². The number of nitrogens with zero attached hydrogens (tertiary/aromatic N) is 1. The third-order valence-corrected chi connectivity index (χ3v) is 4.72. The van der Waals surface area contributed by atoms with Crippen molar-refractivity contribution in [3.63, 3.8) is 0 Å². The Morgan fingerprint density at radius 2 is 2.00 bits per heavy atom. The van der Waals surface area contributed by atoms with Gasteiger partial charge in [-0.25, -0.2) is 0 Å². The quantitative estimate of drug-likeness (QED) is 0.275. The number of hydrogen-bond acceptors (Lipinski definition) is 6. The highest BCUT2D eigenvalue weighted by Gasteiger charge is 2.24. The predicted molar refractivity (Wildman–Crippen MR) is 113 cm³/mol. The van der Waals surface area contributed by atoms with Crippen molar-refractivity contribution in [3.05, 3.63) is 29.8 Å². The number of anilines is 1. The van der Waals surface area contributed by atoms with E-state index in [9.17, 15) is 9.59 Å². The summed E-state index contributed by atoms with van der Waals surface area (Å²) in [5.41, 5.74) is 6.74. The van der Waals surface area contributed by atoms with Crippen molar-refractivity contribution in [2.75, 3.05) is 51.3 Å². The van der Waals surface area contributed by atoms with Crippen molar-refractivity contribution in [2.45, 2.75) is 19.9 Å². The van der Waals surface area contributed by atoms with Gasteiger partial charge < -0.3 is 26.4 Å². The van der Waals surface area contributed by atoms with Gasteiger partial charge in [-0.15, -0.1) is 0 Å². The molecule has 29 heavy (non-hydrogen) atoms. The lowest BCUT2D eigenvalue weighted by Gasteiger charge is -2.27. The fourth-order valence-corrected chi connectivity index (χ4v) is 3.01. The van der Waals surface area contributed by atoms with Crippen molar-refractivity contribution in [2.24, 2.45) is 11.7 Å². The van der Waals surface area contributed by atoms with Crippen LogP contribution in [0.1, 0.15) is 19.4 Å². The number of nitrogen functional groups attached to an aromatic ring is 1. The predicted octanol–water partition coefficient (Wildman–Crippen LogP) is -0.0282. The van der Waals surface area contributed by atoms with Gasteiger partial charge in [-0.2, -0.15) is 0 Å². The van der Waals surface area contributed by atoms with Crippen molar-refractivity contribution in [1.29, 1.82) is 5.41 Å². The molecule has 0 aromatic heterocycles. The molecule has 1 aliphatic rings. The summed E-state index contributed by atoms with van der Waals surface area (Å²) in [5, 5.41) is 16.2. The molecule has 1 saturated heterocycles. The van der Waals surface area contributed by atoms with Crippen molar-refractivity contribution >= 4 is 23.3 Å². The molecule has 1 aromatic rings. The van der Waals surface area contributed by atoms with Gasteiger partial charge in [0.05, 0.1) is 19.8 Å². The van der Waals surface area contributed by atoms with Crippen LogP contribution in [0.5, 0.6) is 0 Å². The topological polar surface area (TPSA) is 133 Å². The minimum atomic E-state index is -0.599. The van der Waals surface area contributed by atoms with Crippen LogP contribution in [0.15, 0.2) is 24.3 Å². The highest BCUT2D eigenvalue weighted by atomic mass is 16.5. The molecule has 1 aromatic carbocycles. The first-order chi connectivity index (χ1) is 13.9. The molecule has 1 unspecified atom stereocenters. The minimum Gasteiger partial charge on any atom is -0.384 e. The average Bonchev–Trinajstić information content (AvgIpc) is 2.71. The molecule has 2 amide bonds. The Kier molecular flexibility index (Phi) is 8.88. The number of nitrogens with one attached hydrogen (secondary N) is 4.